The number of halogens is 1. The van der Waals surface area contributed by atoms with Crippen LogP contribution in [0.4, 0.5) is 0 Å². The lowest BCUT2D eigenvalue weighted by Crippen LogP contribution is -2.32. The van der Waals surface area contributed by atoms with Crippen LogP contribution in [0.3, 0.4) is 0 Å². The SMILES string of the molecule is CCN(C(=O)CSc1nnc(C(C)N(C)C)n1-c1ccc(Cl)cc1)C1=CCCCC1. The van der Waals surface area contributed by atoms with E-state index in [0.29, 0.717) is 22.5 Å². The van der Waals surface area contributed by atoms with E-state index in [4.69, 9.17) is 11.6 Å². The summed E-state index contributed by atoms with van der Waals surface area (Å²) in [5.41, 5.74) is 2.10. The van der Waals surface area contributed by atoms with E-state index in [-0.39, 0.29) is 11.9 Å². The van der Waals surface area contributed by atoms with Crippen LogP contribution in [0.1, 0.15) is 51.4 Å². The van der Waals surface area contributed by atoms with Gasteiger partial charge in [-0.2, -0.15) is 0 Å². The summed E-state index contributed by atoms with van der Waals surface area (Å²) in [4.78, 5) is 17.0. The molecule has 0 spiro atoms. The third-order valence-electron chi connectivity index (χ3n) is 5.45. The highest BCUT2D eigenvalue weighted by Gasteiger charge is 2.23. The van der Waals surface area contributed by atoms with E-state index in [1.54, 1.807) is 0 Å². The fraction of sp³-hybridized carbons (Fsp3) is 0.500. The smallest absolute Gasteiger partial charge is 0.237 e. The van der Waals surface area contributed by atoms with Gasteiger partial charge in [-0.25, -0.2) is 0 Å². The predicted molar refractivity (Wildman–Crippen MR) is 123 cm³/mol. The van der Waals surface area contributed by atoms with Crippen LogP contribution in [0.2, 0.25) is 5.02 Å². The van der Waals surface area contributed by atoms with Gasteiger partial charge < -0.3 is 4.90 Å². The van der Waals surface area contributed by atoms with Crippen molar-refractivity contribution in [1.29, 1.82) is 0 Å². The number of allylic oxidation sites excluding steroid dienone is 2. The minimum absolute atomic E-state index is 0.0674. The second-order valence-corrected chi connectivity index (χ2v) is 9.04. The molecule has 1 amide bonds. The van der Waals surface area contributed by atoms with E-state index in [0.717, 1.165) is 36.5 Å². The molecule has 0 saturated carbocycles. The molecule has 1 aliphatic rings. The third kappa shape index (κ3) is 5.25. The van der Waals surface area contributed by atoms with Crippen molar-refractivity contribution in [3.8, 4) is 5.69 Å². The van der Waals surface area contributed by atoms with E-state index in [2.05, 4.69) is 28.1 Å². The van der Waals surface area contributed by atoms with E-state index >= 15 is 0 Å². The van der Waals surface area contributed by atoms with E-state index in [9.17, 15) is 4.79 Å². The number of hydrogen-bond donors (Lipinski definition) is 0. The molecule has 0 fully saturated rings. The Hall–Kier alpha value is -1.83. The molecule has 162 valence electrons. The van der Waals surface area contributed by atoms with Gasteiger partial charge in [0.05, 0.1) is 11.8 Å². The standard InChI is InChI=1S/C22H30ClN5OS/c1-5-27(18-9-7-6-8-10-18)20(29)15-30-22-25-24-21(16(2)26(3)4)28(22)19-13-11-17(23)12-14-19/h9,11-14,16H,5-8,10,15H2,1-4H3. The number of amides is 1. The van der Waals surface area contributed by atoms with Crippen molar-refractivity contribution >= 4 is 29.3 Å². The molecular formula is C22H30ClN5OS. The largest absolute Gasteiger partial charge is 0.316 e. The van der Waals surface area contributed by atoms with Gasteiger partial charge in [0, 0.05) is 23.0 Å². The summed E-state index contributed by atoms with van der Waals surface area (Å²) >= 11 is 7.51. The minimum Gasteiger partial charge on any atom is -0.316 e. The second-order valence-electron chi connectivity index (χ2n) is 7.66. The van der Waals surface area contributed by atoms with Gasteiger partial charge in [0.25, 0.3) is 0 Å². The Morgan fingerprint density at radius 1 is 1.23 bits per heavy atom. The van der Waals surface area contributed by atoms with Crippen LogP contribution >= 0.6 is 23.4 Å². The number of nitrogens with zero attached hydrogens (tertiary/aromatic N) is 5. The van der Waals surface area contributed by atoms with Gasteiger partial charge >= 0.3 is 0 Å². The fourth-order valence-electron chi connectivity index (χ4n) is 3.52. The molecule has 6 nitrogen and oxygen atoms in total. The van der Waals surface area contributed by atoms with Crippen LogP contribution in [0, 0.1) is 0 Å². The Morgan fingerprint density at radius 2 is 1.97 bits per heavy atom. The number of carbonyl (C=O) groups excluding carboxylic acids is 1. The van der Waals surface area contributed by atoms with Crippen LogP contribution in [-0.4, -0.2) is 56.9 Å². The second kappa shape index (κ2) is 10.5. The zero-order valence-corrected chi connectivity index (χ0v) is 19.7. The summed E-state index contributed by atoms with van der Waals surface area (Å²) in [6.07, 6.45) is 6.61. The zero-order chi connectivity index (χ0) is 21.7. The highest BCUT2D eigenvalue weighted by atomic mass is 35.5. The maximum absolute atomic E-state index is 13.0. The molecule has 3 rings (SSSR count). The molecule has 1 atom stereocenters. The first-order chi connectivity index (χ1) is 14.4. The van der Waals surface area contributed by atoms with Gasteiger partial charge in [-0.15, -0.1) is 10.2 Å². The van der Waals surface area contributed by atoms with Gasteiger partial charge in [-0.1, -0.05) is 29.4 Å². The Labute approximate surface area is 188 Å². The molecule has 0 N–H and O–H groups in total. The first-order valence-corrected chi connectivity index (χ1v) is 11.8. The van der Waals surface area contributed by atoms with Crippen LogP contribution in [0.15, 0.2) is 41.2 Å². The number of thioether (sulfide) groups is 1. The van der Waals surface area contributed by atoms with Crippen LogP contribution < -0.4 is 0 Å². The monoisotopic (exact) mass is 447 g/mol. The Balaban J connectivity index is 1.84. The molecule has 30 heavy (non-hydrogen) atoms. The zero-order valence-electron chi connectivity index (χ0n) is 18.1. The topological polar surface area (TPSA) is 54.3 Å². The molecular weight excluding hydrogens is 418 g/mol. The van der Waals surface area contributed by atoms with Gasteiger partial charge in [-0.3, -0.25) is 14.3 Å². The molecule has 1 unspecified atom stereocenters. The molecule has 0 bridgehead atoms. The van der Waals surface area contributed by atoms with Crippen molar-refractivity contribution in [1.82, 2.24) is 24.6 Å². The van der Waals surface area contributed by atoms with Crippen LogP contribution in [0.5, 0.6) is 0 Å². The molecule has 1 aromatic heterocycles. The average molecular weight is 448 g/mol. The van der Waals surface area contributed by atoms with Crippen molar-refractivity contribution < 1.29 is 4.79 Å². The first-order valence-electron chi connectivity index (χ1n) is 10.4. The normalized spacial score (nSPS) is 15.2. The van der Waals surface area contributed by atoms with E-state index in [1.165, 1.54) is 18.2 Å². The molecule has 2 aromatic rings. The highest BCUT2D eigenvalue weighted by molar-refractivity contribution is 7.99. The lowest BCUT2D eigenvalue weighted by atomic mass is 10.0. The average Bonchev–Trinajstić information content (AvgIpc) is 3.17. The fourth-order valence-corrected chi connectivity index (χ4v) is 4.48. The summed E-state index contributed by atoms with van der Waals surface area (Å²) in [6, 6.07) is 7.69. The van der Waals surface area contributed by atoms with Crippen molar-refractivity contribution in [3.05, 3.63) is 46.9 Å². The molecule has 8 heteroatoms. The first kappa shape index (κ1) is 22.8. The van der Waals surface area contributed by atoms with Gasteiger partial charge in [0.1, 0.15) is 0 Å². The number of aromatic nitrogens is 3. The highest BCUT2D eigenvalue weighted by Crippen LogP contribution is 2.28. The summed E-state index contributed by atoms with van der Waals surface area (Å²) in [5, 5.41) is 10.3. The summed E-state index contributed by atoms with van der Waals surface area (Å²) in [5.74, 6) is 1.27. The predicted octanol–water partition coefficient (Wildman–Crippen LogP) is 4.94. The number of carbonyl (C=O) groups is 1. The maximum atomic E-state index is 13.0. The number of hydrogen-bond acceptors (Lipinski definition) is 5. The lowest BCUT2D eigenvalue weighted by Gasteiger charge is -2.26. The summed E-state index contributed by atoms with van der Waals surface area (Å²) in [6.45, 7) is 4.81. The van der Waals surface area contributed by atoms with Crippen molar-refractivity contribution in [3.63, 3.8) is 0 Å². The quantitative estimate of drug-likeness (QED) is 0.536. The minimum atomic E-state index is 0.0674. The Bertz CT molecular complexity index is 893. The molecule has 1 aromatic carbocycles. The molecule has 1 aliphatic carbocycles. The van der Waals surface area contributed by atoms with Crippen molar-refractivity contribution in [2.75, 3.05) is 26.4 Å². The van der Waals surface area contributed by atoms with Crippen LogP contribution in [0.25, 0.3) is 5.69 Å². The van der Waals surface area contributed by atoms with Gasteiger partial charge in [0.2, 0.25) is 5.91 Å². The van der Waals surface area contributed by atoms with E-state index in [1.807, 2.05) is 54.8 Å². The Morgan fingerprint density at radius 3 is 2.57 bits per heavy atom. The molecule has 0 radical (unpaired) electrons. The summed E-state index contributed by atoms with van der Waals surface area (Å²) < 4.78 is 2.02. The van der Waals surface area contributed by atoms with Crippen molar-refractivity contribution in [2.24, 2.45) is 0 Å². The maximum Gasteiger partial charge on any atom is 0.237 e. The molecule has 1 heterocycles. The Kier molecular flexibility index (Phi) is 7.97. The van der Waals surface area contributed by atoms with Gasteiger partial charge in [0.15, 0.2) is 11.0 Å². The van der Waals surface area contributed by atoms with Crippen LogP contribution in [-0.2, 0) is 4.79 Å². The summed E-state index contributed by atoms with van der Waals surface area (Å²) in [7, 11) is 4.03. The molecule has 0 aliphatic heterocycles. The van der Waals surface area contributed by atoms with Gasteiger partial charge in [-0.05, 0) is 77.9 Å². The number of rotatable bonds is 8. The number of benzene rings is 1. The third-order valence-corrected chi connectivity index (χ3v) is 6.61. The molecule has 0 saturated heterocycles. The lowest BCUT2D eigenvalue weighted by molar-refractivity contribution is -0.126. The van der Waals surface area contributed by atoms with Crippen molar-refractivity contribution in [2.45, 2.75) is 50.7 Å². The van der Waals surface area contributed by atoms with E-state index < -0.39 is 0 Å².